The third kappa shape index (κ3) is 9.75. The number of nitrogens with zero attached hydrogens (tertiary/aromatic N) is 9. The molecule has 4 fully saturated rings. The molecule has 5 aromatic heterocycles. The van der Waals surface area contributed by atoms with Crippen LogP contribution in [0.4, 0.5) is 29.2 Å². The first-order valence-corrected chi connectivity index (χ1v) is 22.3. The van der Waals surface area contributed by atoms with Crippen molar-refractivity contribution in [1.82, 2.24) is 39.0 Å². The fourth-order valence-electron chi connectivity index (χ4n) is 9.44. The quantitative estimate of drug-likeness (QED) is 0.0520. The van der Waals surface area contributed by atoms with Gasteiger partial charge >= 0.3 is 0 Å². The van der Waals surface area contributed by atoms with Crippen molar-refractivity contribution in [2.24, 2.45) is 17.3 Å². The minimum absolute atomic E-state index is 0. The van der Waals surface area contributed by atoms with Crippen LogP contribution in [0.3, 0.4) is 0 Å². The van der Waals surface area contributed by atoms with Crippen molar-refractivity contribution in [2.45, 2.75) is 130 Å². The molecule has 17 nitrogen and oxygen atoms in total. The smallest absolute Gasteiger partial charge is 0.227 e. The first kappa shape index (κ1) is 45.6. The average Bonchev–Trinajstić information content (AvgIpc) is 3.89. The number of aromatic nitrogens is 9. The van der Waals surface area contributed by atoms with Gasteiger partial charge in [-0.1, -0.05) is 37.9 Å². The second-order valence-electron chi connectivity index (χ2n) is 18.0. The summed E-state index contributed by atoms with van der Waals surface area (Å²) in [6, 6.07) is 2.49. The second kappa shape index (κ2) is 19.2. The number of halogens is 1. The molecule has 338 valence electrons. The Hall–Kier alpha value is -5.39. The van der Waals surface area contributed by atoms with Gasteiger partial charge in [-0.3, -0.25) is 4.79 Å². The van der Waals surface area contributed by atoms with E-state index in [4.69, 9.17) is 26.6 Å². The molecular weight excluding hydrogens is 822 g/mol. The van der Waals surface area contributed by atoms with E-state index in [2.05, 4.69) is 63.9 Å². The predicted octanol–water partition coefficient (Wildman–Crippen LogP) is 7.84. The van der Waals surface area contributed by atoms with Crippen LogP contribution < -0.4 is 26.0 Å². The lowest BCUT2D eigenvalue weighted by molar-refractivity contribution is -0.605. The van der Waals surface area contributed by atoms with Crippen molar-refractivity contribution in [3.63, 3.8) is 0 Å². The highest BCUT2D eigenvalue weighted by atomic mass is 35.5. The van der Waals surface area contributed by atoms with E-state index in [1.807, 2.05) is 22.1 Å². The number of rotatable bonds is 12. The minimum atomic E-state index is -0.126. The van der Waals surface area contributed by atoms with Crippen LogP contribution >= 0.6 is 11.6 Å². The molecule has 5 heterocycles. The molecule has 3 atom stereocenters. The Kier molecular flexibility index (Phi) is 13.9. The zero-order valence-electron chi connectivity index (χ0n) is 36.1. The fourth-order valence-corrected chi connectivity index (χ4v) is 9.63. The van der Waals surface area contributed by atoms with Gasteiger partial charge in [0.2, 0.25) is 18.1 Å². The van der Waals surface area contributed by atoms with Crippen LogP contribution in [0.25, 0.3) is 22.3 Å². The number of aliphatic hydroxyl groups is 2. The van der Waals surface area contributed by atoms with E-state index in [0.29, 0.717) is 62.5 Å². The number of aryl methyl sites for hydroxylation is 1. The van der Waals surface area contributed by atoms with Gasteiger partial charge in [-0.05, 0) is 97.6 Å². The van der Waals surface area contributed by atoms with Crippen LogP contribution in [0.2, 0.25) is 0 Å². The summed E-state index contributed by atoms with van der Waals surface area (Å²) in [7, 11) is 0. The molecule has 0 saturated heterocycles. The van der Waals surface area contributed by atoms with Crippen LogP contribution in [-0.4, -0.2) is 80.3 Å². The Morgan fingerprint density at radius 1 is 0.889 bits per heavy atom. The Morgan fingerprint density at radius 3 is 2.11 bits per heavy atom. The van der Waals surface area contributed by atoms with Crippen LogP contribution in [0, 0.1) is 29.4 Å². The van der Waals surface area contributed by atoms with Crippen molar-refractivity contribution in [1.29, 1.82) is 0 Å². The number of fused-ring (bicyclic) bond motifs is 5. The molecular formula is C45H62ClN13O4. The van der Waals surface area contributed by atoms with Gasteiger partial charge in [0.05, 0.1) is 25.0 Å². The minimum Gasteiger partial charge on any atom is -0.619 e. The zero-order chi connectivity index (χ0) is 43.7. The van der Waals surface area contributed by atoms with E-state index in [9.17, 15) is 20.2 Å². The average molecular weight is 885 g/mol. The van der Waals surface area contributed by atoms with Gasteiger partial charge in [0.15, 0.2) is 45.9 Å². The molecule has 10 rings (SSSR count). The molecule has 0 radical (unpaired) electrons. The number of hydrogen-bond donors (Lipinski definition) is 6. The molecule has 5 aliphatic carbocycles. The number of ketones is 1. The molecule has 0 aromatic carbocycles. The Bertz CT molecular complexity index is 2470. The van der Waals surface area contributed by atoms with Gasteiger partial charge in [0.25, 0.3) is 0 Å². The van der Waals surface area contributed by atoms with Gasteiger partial charge in [-0.25, -0.2) is 9.97 Å². The number of nitrogens with one attached hydrogen (secondary N) is 4. The highest BCUT2D eigenvalue weighted by Crippen LogP contribution is 2.51. The summed E-state index contributed by atoms with van der Waals surface area (Å²) in [5, 5.41) is 45.7. The number of carbonyl (C=O) groups is 1. The van der Waals surface area contributed by atoms with E-state index >= 15 is 0 Å². The largest absolute Gasteiger partial charge is 0.619 e. The Morgan fingerprint density at radius 2 is 1.51 bits per heavy atom. The van der Waals surface area contributed by atoms with Gasteiger partial charge in [0, 0.05) is 59.1 Å². The number of Topliss-reactive ketones (excluding diaryl/α,β-unsaturated/α-hetero) is 1. The van der Waals surface area contributed by atoms with Crippen LogP contribution in [0.1, 0.15) is 117 Å². The molecule has 6 N–H and O–H groups in total. The first-order valence-electron chi connectivity index (χ1n) is 21.9. The number of imidazole rings is 2. The number of allylic oxidation sites excluding steroid dienone is 4. The molecule has 63 heavy (non-hydrogen) atoms. The lowest BCUT2D eigenvalue weighted by Crippen LogP contribution is -2.52. The molecule has 0 aliphatic heterocycles. The number of aliphatic hydroxyl groups excluding tert-OH is 2. The summed E-state index contributed by atoms with van der Waals surface area (Å²) in [5.41, 5.74) is 4.43. The van der Waals surface area contributed by atoms with Crippen molar-refractivity contribution in [2.75, 3.05) is 34.5 Å². The van der Waals surface area contributed by atoms with Crippen LogP contribution in [0.15, 0.2) is 54.0 Å². The maximum Gasteiger partial charge on any atom is 0.227 e. The maximum atomic E-state index is 12.4. The molecule has 0 spiro atoms. The number of anilines is 5. The molecule has 5 aliphatic rings. The highest BCUT2D eigenvalue weighted by Gasteiger charge is 2.47. The van der Waals surface area contributed by atoms with Crippen molar-refractivity contribution >= 4 is 68.9 Å². The van der Waals surface area contributed by atoms with E-state index in [1.165, 1.54) is 25.2 Å². The highest BCUT2D eigenvalue weighted by molar-refractivity contribution is 6.32. The van der Waals surface area contributed by atoms with E-state index in [-0.39, 0.29) is 68.3 Å². The Labute approximate surface area is 373 Å². The zero-order valence-corrected chi connectivity index (χ0v) is 36.9. The standard InChI is InChI=1S/C23H29ClN6O2.C21H29N7O2.CH4/c1-13(2)30-12-25-19-20(26-16-10-15(24)3-4-17(16)32)28-22(29-21(19)30)27-18-9-14-5-7-23(18,11-31)8-6-14;1-13(2)28-12-22-18-19(23-16-8-14(3)9-27(30)10-16)25-21(26-20(18)28)24-17-7-5-4-6-15(17)11-29;/h3,10,12-14,18,31H,4-9,11H2,1-2H3,(H2,26,27,28,29);8-10,12-13,15,17,29H,4-7,11H2,1-3H3,(H2,23,24,25,26);1H4/t14?,18-,23?;15-,17-;/m00./s1. The summed E-state index contributed by atoms with van der Waals surface area (Å²) in [4.78, 5) is 40.4. The number of carbonyl (C=O) groups excluding carboxylic acids is 1. The summed E-state index contributed by atoms with van der Waals surface area (Å²) in [6.07, 6.45) is 19.7. The van der Waals surface area contributed by atoms with Crippen molar-refractivity contribution in [3.8, 4) is 0 Å². The number of pyridine rings is 1. The topological polar surface area (TPSA) is 220 Å². The maximum absolute atomic E-state index is 12.4. The van der Waals surface area contributed by atoms with Crippen molar-refractivity contribution < 1.29 is 19.7 Å². The summed E-state index contributed by atoms with van der Waals surface area (Å²) < 4.78 is 4.77. The lowest BCUT2D eigenvalue weighted by atomic mass is 9.58. The molecule has 18 heteroatoms. The van der Waals surface area contributed by atoms with E-state index in [1.54, 1.807) is 24.8 Å². The second-order valence-corrected chi connectivity index (χ2v) is 18.4. The fraction of sp³-hybridized carbons (Fsp3) is 0.556. The van der Waals surface area contributed by atoms with Gasteiger partial charge < -0.3 is 45.8 Å². The number of hydrogen-bond acceptors (Lipinski definition) is 14. The molecule has 2 bridgehead atoms. The van der Waals surface area contributed by atoms with Gasteiger partial charge in [-0.15, -0.1) is 0 Å². The van der Waals surface area contributed by atoms with Crippen LogP contribution in [-0.2, 0) is 4.79 Å². The molecule has 0 amide bonds. The SMILES string of the molecule is C.CC(C)n1cnc2c(NC3=CC(Cl)=CCC3=O)nc(N[C@H]3CC4CCC3(CO)CC4)nc21.Cc1cc(Nc2nc(N[C@H]3CCCC[C@H]3CO)nc3c2ncn3C(C)C)c[n+]([O-])c1. The first-order chi connectivity index (χ1) is 29.8. The van der Waals surface area contributed by atoms with Crippen molar-refractivity contribution in [3.05, 3.63) is 64.8 Å². The third-order valence-electron chi connectivity index (χ3n) is 13.0. The summed E-state index contributed by atoms with van der Waals surface area (Å²) >= 11 is 6.14. The molecule has 5 aromatic rings. The predicted molar refractivity (Wildman–Crippen MR) is 247 cm³/mol. The molecule has 4 saturated carbocycles. The van der Waals surface area contributed by atoms with Crippen LogP contribution in [0.5, 0.6) is 0 Å². The van der Waals surface area contributed by atoms with E-state index in [0.717, 1.165) is 60.9 Å². The monoisotopic (exact) mass is 883 g/mol. The summed E-state index contributed by atoms with van der Waals surface area (Å²) in [6.45, 7) is 10.5. The van der Waals surface area contributed by atoms with Gasteiger partial charge in [-0.2, -0.15) is 24.7 Å². The van der Waals surface area contributed by atoms with E-state index < -0.39 is 0 Å². The normalized spacial score (nSPS) is 23.2. The molecule has 0 unspecified atom stereocenters. The van der Waals surface area contributed by atoms with Gasteiger partial charge in [0.1, 0.15) is 5.69 Å². The lowest BCUT2D eigenvalue weighted by Gasteiger charge is -2.51. The Balaban J connectivity index is 0.000000186. The third-order valence-corrected chi connectivity index (χ3v) is 13.3. The summed E-state index contributed by atoms with van der Waals surface area (Å²) in [5.74, 6) is 2.83.